The van der Waals surface area contributed by atoms with E-state index < -0.39 is 0 Å². The van der Waals surface area contributed by atoms with E-state index in [1.165, 1.54) is 5.56 Å². The van der Waals surface area contributed by atoms with Crippen LogP contribution in [0.3, 0.4) is 0 Å². The van der Waals surface area contributed by atoms with Crippen LogP contribution in [0, 0.1) is 5.92 Å². The molecule has 0 N–H and O–H groups in total. The average molecular weight is 321 g/mol. The number of aryl methyl sites for hydroxylation is 1. The second-order valence-electron chi connectivity index (χ2n) is 6.29. The monoisotopic (exact) mass is 321 g/mol. The second kappa shape index (κ2) is 5.96. The van der Waals surface area contributed by atoms with E-state index in [1.807, 2.05) is 70.2 Å². The van der Waals surface area contributed by atoms with Gasteiger partial charge < -0.3 is 9.47 Å². The molecule has 0 spiro atoms. The van der Waals surface area contributed by atoms with Crippen molar-refractivity contribution in [2.45, 2.75) is 6.42 Å². The highest BCUT2D eigenvalue weighted by Gasteiger charge is 2.32. The smallest absolute Gasteiger partial charge is 0.272 e. The number of rotatable bonds is 4. The van der Waals surface area contributed by atoms with Crippen molar-refractivity contribution in [3.8, 4) is 5.69 Å². The molecule has 0 atom stereocenters. The van der Waals surface area contributed by atoms with Crippen molar-refractivity contribution in [3.05, 3.63) is 66.5 Å². The molecule has 6 nitrogen and oxygen atoms in total. The first kappa shape index (κ1) is 14.7. The summed E-state index contributed by atoms with van der Waals surface area (Å²) in [5.74, 6) is 0.511. The van der Waals surface area contributed by atoms with Gasteiger partial charge in [0.05, 0.1) is 6.20 Å². The van der Waals surface area contributed by atoms with Gasteiger partial charge in [0.2, 0.25) is 0 Å². The highest BCUT2D eigenvalue weighted by Crippen LogP contribution is 2.22. The molecule has 1 fully saturated rings. The molecule has 0 bridgehead atoms. The number of likely N-dealkylation sites (tertiary alicyclic amines) is 1. The van der Waals surface area contributed by atoms with Gasteiger partial charge in [-0.1, -0.05) is 0 Å². The molecule has 0 aromatic carbocycles. The van der Waals surface area contributed by atoms with E-state index in [-0.39, 0.29) is 5.91 Å². The third-order valence-electron chi connectivity index (χ3n) is 4.39. The summed E-state index contributed by atoms with van der Waals surface area (Å²) < 4.78 is 3.79. The third kappa shape index (κ3) is 2.82. The first-order chi connectivity index (χ1) is 11.7. The standard InChI is InChI=1S/C18H19N5O/c1-21-11-14(10-20-21)8-15-12-23(13-15)18(24)17-9-16(4-5-19-17)22-6-2-3-7-22/h2-7,9-11,15H,8,12-13H2,1H3. The van der Waals surface area contributed by atoms with E-state index >= 15 is 0 Å². The summed E-state index contributed by atoms with van der Waals surface area (Å²) in [6.45, 7) is 1.56. The molecule has 1 aliphatic heterocycles. The molecule has 3 aromatic heterocycles. The molecule has 0 radical (unpaired) electrons. The summed E-state index contributed by atoms with van der Waals surface area (Å²) >= 11 is 0. The van der Waals surface area contributed by atoms with Crippen molar-refractivity contribution in [3.63, 3.8) is 0 Å². The number of amides is 1. The number of carbonyl (C=O) groups excluding carboxylic acids is 1. The molecular weight excluding hydrogens is 302 g/mol. The lowest BCUT2D eigenvalue weighted by atomic mass is 9.93. The lowest BCUT2D eigenvalue weighted by molar-refractivity contribution is 0.0495. The highest BCUT2D eigenvalue weighted by molar-refractivity contribution is 5.93. The molecule has 24 heavy (non-hydrogen) atoms. The van der Waals surface area contributed by atoms with Gasteiger partial charge in [0.25, 0.3) is 5.91 Å². The molecule has 4 heterocycles. The van der Waals surface area contributed by atoms with Crippen molar-refractivity contribution in [2.24, 2.45) is 13.0 Å². The molecule has 3 aromatic rings. The van der Waals surface area contributed by atoms with Gasteiger partial charge in [-0.2, -0.15) is 5.10 Å². The van der Waals surface area contributed by atoms with Gasteiger partial charge in [-0.15, -0.1) is 0 Å². The predicted octanol–water partition coefficient (Wildman–Crippen LogP) is 1.92. The van der Waals surface area contributed by atoms with Crippen LogP contribution in [0.2, 0.25) is 0 Å². The Morgan fingerprint density at radius 1 is 1.29 bits per heavy atom. The van der Waals surface area contributed by atoms with Gasteiger partial charge in [0, 0.05) is 50.6 Å². The first-order valence-electron chi connectivity index (χ1n) is 8.05. The number of carbonyl (C=O) groups is 1. The minimum Gasteiger partial charge on any atom is -0.337 e. The molecule has 6 heteroatoms. The van der Waals surface area contributed by atoms with E-state index in [9.17, 15) is 4.79 Å². The van der Waals surface area contributed by atoms with Crippen molar-refractivity contribution in [2.75, 3.05) is 13.1 Å². The third-order valence-corrected chi connectivity index (χ3v) is 4.39. The maximum absolute atomic E-state index is 12.6. The lowest BCUT2D eigenvalue weighted by Gasteiger charge is -2.39. The fourth-order valence-corrected chi connectivity index (χ4v) is 3.14. The SMILES string of the molecule is Cn1cc(CC2CN(C(=O)c3cc(-n4cccc4)ccn3)C2)cn1. The Kier molecular flexibility index (Phi) is 3.65. The predicted molar refractivity (Wildman–Crippen MR) is 89.9 cm³/mol. The summed E-state index contributed by atoms with van der Waals surface area (Å²) in [4.78, 5) is 18.7. The fraction of sp³-hybridized carbons (Fsp3) is 0.278. The molecule has 4 rings (SSSR count). The Morgan fingerprint density at radius 2 is 2.08 bits per heavy atom. The zero-order chi connectivity index (χ0) is 16.5. The summed E-state index contributed by atoms with van der Waals surface area (Å²) in [5.41, 5.74) is 2.68. The lowest BCUT2D eigenvalue weighted by Crippen LogP contribution is -2.50. The van der Waals surface area contributed by atoms with Crippen LogP contribution in [0.4, 0.5) is 0 Å². The van der Waals surface area contributed by atoms with E-state index in [4.69, 9.17) is 0 Å². The largest absolute Gasteiger partial charge is 0.337 e. The van der Waals surface area contributed by atoms with Crippen LogP contribution < -0.4 is 0 Å². The number of nitrogens with zero attached hydrogens (tertiary/aromatic N) is 5. The van der Waals surface area contributed by atoms with Crippen LogP contribution in [0.15, 0.2) is 55.2 Å². The molecule has 1 amide bonds. The zero-order valence-electron chi connectivity index (χ0n) is 13.5. The molecule has 122 valence electrons. The summed E-state index contributed by atoms with van der Waals surface area (Å²) in [5, 5.41) is 4.19. The maximum Gasteiger partial charge on any atom is 0.272 e. The molecule has 0 unspecified atom stereocenters. The number of hydrogen-bond acceptors (Lipinski definition) is 3. The molecule has 1 aliphatic rings. The van der Waals surface area contributed by atoms with Crippen LogP contribution in [-0.4, -0.2) is 43.2 Å². The van der Waals surface area contributed by atoms with Gasteiger partial charge in [-0.05, 0) is 42.2 Å². The topological polar surface area (TPSA) is 56.0 Å². The van der Waals surface area contributed by atoms with E-state index in [0.29, 0.717) is 11.6 Å². The van der Waals surface area contributed by atoms with Crippen molar-refractivity contribution >= 4 is 5.91 Å². The number of hydrogen-bond donors (Lipinski definition) is 0. The van der Waals surface area contributed by atoms with Crippen LogP contribution in [-0.2, 0) is 13.5 Å². The Balaban J connectivity index is 1.40. The minimum atomic E-state index is 0.00597. The quantitative estimate of drug-likeness (QED) is 0.738. The summed E-state index contributed by atoms with van der Waals surface area (Å²) in [6.07, 6.45) is 10.5. The summed E-state index contributed by atoms with van der Waals surface area (Å²) in [7, 11) is 1.92. The van der Waals surface area contributed by atoms with Gasteiger partial charge in [-0.3, -0.25) is 14.5 Å². The van der Waals surface area contributed by atoms with E-state index in [2.05, 4.69) is 10.1 Å². The van der Waals surface area contributed by atoms with E-state index in [1.54, 1.807) is 6.20 Å². The van der Waals surface area contributed by atoms with Crippen molar-refractivity contribution in [1.82, 2.24) is 24.2 Å². The Labute approximate surface area is 140 Å². The van der Waals surface area contributed by atoms with Crippen LogP contribution in [0.1, 0.15) is 16.1 Å². The molecule has 1 saturated heterocycles. The van der Waals surface area contributed by atoms with Crippen LogP contribution >= 0.6 is 0 Å². The minimum absolute atomic E-state index is 0.00597. The summed E-state index contributed by atoms with van der Waals surface area (Å²) in [6, 6.07) is 7.66. The van der Waals surface area contributed by atoms with Gasteiger partial charge in [0.15, 0.2) is 0 Å². The normalized spacial score (nSPS) is 14.6. The Morgan fingerprint density at radius 3 is 2.79 bits per heavy atom. The first-order valence-corrected chi connectivity index (χ1v) is 8.05. The number of pyridine rings is 1. The van der Waals surface area contributed by atoms with E-state index in [0.717, 1.165) is 25.2 Å². The zero-order valence-corrected chi connectivity index (χ0v) is 13.5. The molecule has 0 saturated carbocycles. The average Bonchev–Trinajstić information content (AvgIpc) is 3.22. The Hall–Kier alpha value is -2.89. The van der Waals surface area contributed by atoms with Gasteiger partial charge >= 0.3 is 0 Å². The van der Waals surface area contributed by atoms with Crippen molar-refractivity contribution < 1.29 is 4.79 Å². The molecular formula is C18H19N5O. The highest BCUT2D eigenvalue weighted by atomic mass is 16.2. The van der Waals surface area contributed by atoms with Crippen molar-refractivity contribution in [1.29, 1.82) is 0 Å². The number of aromatic nitrogens is 4. The van der Waals surface area contributed by atoms with Gasteiger partial charge in [-0.25, -0.2) is 0 Å². The fourth-order valence-electron chi connectivity index (χ4n) is 3.14. The van der Waals surface area contributed by atoms with Crippen LogP contribution in [0.5, 0.6) is 0 Å². The van der Waals surface area contributed by atoms with Crippen LogP contribution in [0.25, 0.3) is 5.69 Å². The maximum atomic E-state index is 12.6. The van der Waals surface area contributed by atoms with Gasteiger partial charge in [0.1, 0.15) is 5.69 Å². The molecule has 0 aliphatic carbocycles. The second-order valence-corrected chi connectivity index (χ2v) is 6.29. The Bertz CT molecular complexity index is 846.